The number of fused-ring (bicyclic) bond motifs is 1. The van der Waals surface area contributed by atoms with E-state index in [0.717, 1.165) is 33.8 Å². The molecule has 0 radical (unpaired) electrons. The first-order chi connectivity index (χ1) is 9.63. The van der Waals surface area contributed by atoms with Crippen LogP contribution in [0.3, 0.4) is 0 Å². The van der Waals surface area contributed by atoms with E-state index in [4.69, 9.17) is 9.47 Å². The van der Waals surface area contributed by atoms with Crippen LogP contribution in [-0.2, 0) is 6.54 Å². The van der Waals surface area contributed by atoms with Gasteiger partial charge in [0.2, 0.25) is 6.79 Å². The molecule has 0 atom stereocenters. The average Bonchev–Trinajstić information content (AvgIpc) is 2.84. The number of hydrogen-bond donors (Lipinski definition) is 1. The molecule has 0 saturated carbocycles. The van der Waals surface area contributed by atoms with Crippen molar-refractivity contribution in [2.75, 3.05) is 12.1 Å². The standard InChI is InChI=1S/C15H13BrINO2/c1-9-4-11(17)2-3-13(9)18-7-10-5-14-15(6-12(10)16)20-8-19-14/h2-6,18H,7-8H2,1H3. The van der Waals surface area contributed by atoms with Crippen LogP contribution >= 0.6 is 38.5 Å². The van der Waals surface area contributed by atoms with Crippen LogP contribution in [0, 0.1) is 10.5 Å². The molecule has 0 amide bonds. The van der Waals surface area contributed by atoms with Gasteiger partial charge in [-0.25, -0.2) is 0 Å². The van der Waals surface area contributed by atoms with Gasteiger partial charge in [0, 0.05) is 20.3 Å². The molecule has 1 N–H and O–H groups in total. The molecule has 3 rings (SSSR count). The molecule has 0 aromatic heterocycles. The predicted octanol–water partition coefficient (Wildman–Crippen LogP) is 4.70. The molecule has 0 unspecified atom stereocenters. The Balaban J connectivity index is 1.78. The highest BCUT2D eigenvalue weighted by Gasteiger charge is 2.16. The zero-order valence-electron chi connectivity index (χ0n) is 10.9. The van der Waals surface area contributed by atoms with E-state index in [1.165, 1.54) is 9.13 Å². The number of anilines is 1. The largest absolute Gasteiger partial charge is 0.454 e. The zero-order chi connectivity index (χ0) is 14.1. The summed E-state index contributed by atoms with van der Waals surface area (Å²) in [4.78, 5) is 0. The van der Waals surface area contributed by atoms with Crippen molar-refractivity contribution < 1.29 is 9.47 Å². The second kappa shape index (κ2) is 5.81. The Morgan fingerprint density at radius 3 is 2.70 bits per heavy atom. The second-order valence-corrected chi connectivity index (χ2v) is 6.71. The van der Waals surface area contributed by atoms with Gasteiger partial charge in [0.25, 0.3) is 0 Å². The maximum atomic E-state index is 5.41. The van der Waals surface area contributed by atoms with E-state index in [-0.39, 0.29) is 0 Å². The van der Waals surface area contributed by atoms with Gasteiger partial charge < -0.3 is 14.8 Å². The fourth-order valence-electron chi connectivity index (χ4n) is 2.11. The fourth-order valence-corrected chi connectivity index (χ4v) is 3.22. The molecule has 0 fully saturated rings. The van der Waals surface area contributed by atoms with E-state index in [2.05, 4.69) is 69.0 Å². The first-order valence-electron chi connectivity index (χ1n) is 6.21. The molecule has 20 heavy (non-hydrogen) atoms. The van der Waals surface area contributed by atoms with Crippen molar-refractivity contribution in [2.45, 2.75) is 13.5 Å². The summed E-state index contributed by atoms with van der Waals surface area (Å²) in [5, 5.41) is 3.46. The van der Waals surface area contributed by atoms with E-state index < -0.39 is 0 Å². The first-order valence-corrected chi connectivity index (χ1v) is 8.09. The number of hydrogen-bond acceptors (Lipinski definition) is 3. The molecule has 0 spiro atoms. The van der Waals surface area contributed by atoms with Gasteiger partial charge >= 0.3 is 0 Å². The van der Waals surface area contributed by atoms with Crippen molar-refractivity contribution in [1.82, 2.24) is 0 Å². The van der Waals surface area contributed by atoms with Gasteiger partial charge in [-0.15, -0.1) is 0 Å². The van der Waals surface area contributed by atoms with Crippen LogP contribution in [-0.4, -0.2) is 6.79 Å². The SMILES string of the molecule is Cc1cc(I)ccc1NCc1cc2c(cc1Br)OCO2. The van der Waals surface area contributed by atoms with Gasteiger partial charge in [-0.1, -0.05) is 15.9 Å². The number of rotatable bonds is 3. The molecule has 2 aromatic carbocycles. The lowest BCUT2D eigenvalue weighted by atomic mass is 10.1. The van der Waals surface area contributed by atoms with Gasteiger partial charge in [0.1, 0.15) is 0 Å². The summed E-state index contributed by atoms with van der Waals surface area (Å²) in [5.74, 6) is 1.61. The van der Waals surface area contributed by atoms with E-state index in [0.29, 0.717) is 6.79 Å². The Morgan fingerprint density at radius 1 is 1.20 bits per heavy atom. The molecule has 5 heteroatoms. The van der Waals surface area contributed by atoms with E-state index >= 15 is 0 Å². The molecule has 2 aromatic rings. The van der Waals surface area contributed by atoms with Crippen LogP contribution in [0.15, 0.2) is 34.8 Å². The Hall–Kier alpha value is -0.950. The second-order valence-electron chi connectivity index (χ2n) is 4.61. The highest BCUT2D eigenvalue weighted by molar-refractivity contribution is 14.1. The minimum absolute atomic E-state index is 0.300. The van der Waals surface area contributed by atoms with Gasteiger partial charge in [-0.3, -0.25) is 0 Å². The minimum Gasteiger partial charge on any atom is -0.454 e. The van der Waals surface area contributed by atoms with E-state index in [1.807, 2.05) is 12.1 Å². The van der Waals surface area contributed by atoms with Gasteiger partial charge in [-0.05, 0) is 71.0 Å². The Labute approximate surface area is 139 Å². The number of nitrogens with one attached hydrogen (secondary N) is 1. The lowest BCUT2D eigenvalue weighted by Crippen LogP contribution is -2.02. The maximum absolute atomic E-state index is 5.41. The van der Waals surface area contributed by atoms with Crippen molar-refractivity contribution in [1.29, 1.82) is 0 Å². The Morgan fingerprint density at radius 2 is 1.95 bits per heavy atom. The lowest BCUT2D eigenvalue weighted by Gasteiger charge is -2.12. The van der Waals surface area contributed by atoms with Crippen LogP contribution in [0.25, 0.3) is 0 Å². The van der Waals surface area contributed by atoms with Crippen LogP contribution in [0.1, 0.15) is 11.1 Å². The zero-order valence-corrected chi connectivity index (χ0v) is 14.6. The highest BCUT2D eigenvalue weighted by atomic mass is 127. The summed E-state index contributed by atoms with van der Waals surface area (Å²) >= 11 is 5.90. The third kappa shape index (κ3) is 2.88. The van der Waals surface area contributed by atoms with Crippen molar-refractivity contribution in [3.8, 4) is 11.5 Å². The quantitative estimate of drug-likeness (QED) is 0.694. The van der Waals surface area contributed by atoms with E-state index in [1.54, 1.807) is 0 Å². The molecule has 0 bridgehead atoms. The number of ether oxygens (including phenoxy) is 2. The maximum Gasteiger partial charge on any atom is 0.231 e. The molecule has 1 heterocycles. The van der Waals surface area contributed by atoms with Crippen molar-refractivity contribution in [3.05, 3.63) is 49.5 Å². The van der Waals surface area contributed by atoms with Crippen molar-refractivity contribution in [3.63, 3.8) is 0 Å². The topological polar surface area (TPSA) is 30.5 Å². The molecular weight excluding hydrogens is 433 g/mol. The average molecular weight is 446 g/mol. The predicted molar refractivity (Wildman–Crippen MR) is 91.5 cm³/mol. The van der Waals surface area contributed by atoms with Crippen LogP contribution in [0.5, 0.6) is 11.5 Å². The molecule has 0 aliphatic carbocycles. The Kier molecular flexibility index (Phi) is 4.07. The molecule has 0 saturated heterocycles. The van der Waals surface area contributed by atoms with E-state index in [9.17, 15) is 0 Å². The van der Waals surface area contributed by atoms with Crippen LogP contribution in [0.2, 0.25) is 0 Å². The third-order valence-corrected chi connectivity index (χ3v) is 4.61. The van der Waals surface area contributed by atoms with Gasteiger partial charge in [-0.2, -0.15) is 0 Å². The molecule has 1 aliphatic heterocycles. The minimum atomic E-state index is 0.300. The number of halogens is 2. The summed E-state index contributed by atoms with van der Waals surface area (Å²) in [5.41, 5.74) is 3.54. The molecule has 3 nitrogen and oxygen atoms in total. The molecule has 1 aliphatic rings. The summed E-state index contributed by atoms with van der Waals surface area (Å²) in [6.07, 6.45) is 0. The van der Waals surface area contributed by atoms with Crippen molar-refractivity contribution >= 4 is 44.2 Å². The summed E-state index contributed by atoms with van der Waals surface area (Å²) < 4.78 is 13.0. The number of benzene rings is 2. The lowest BCUT2D eigenvalue weighted by molar-refractivity contribution is 0.174. The summed E-state index contributed by atoms with van der Waals surface area (Å²) in [6.45, 7) is 3.15. The smallest absolute Gasteiger partial charge is 0.231 e. The van der Waals surface area contributed by atoms with Crippen LogP contribution < -0.4 is 14.8 Å². The van der Waals surface area contributed by atoms with Crippen molar-refractivity contribution in [2.24, 2.45) is 0 Å². The summed E-state index contributed by atoms with van der Waals surface area (Å²) in [6, 6.07) is 10.3. The van der Waals surface area contributed by atoms with Crippen LogP contribution in [0.4, 0.5) is 5.69 Å². The highest BCUT2D eigenvalue weighted by Crippen LogP contribution is 2.37. The number of aryl methyl sites for hydroxylation is 1. The fraction of sp³-hybridized carbons (Fsp3) is 0.200. The van der Waals surface area contributed by atoms with Gasteiger partial charge in [0.15, 0.2) is 11.5 Å². The Bertz CT molecular complexity index is 661. The van der Waals surface area contributed by atoms with Gasteiger partial charge in [0.05, 0.1) is 0 Å². The normalized spacial score (nSPS) is 12.6. The molecular formula is C15H13BrINO2. The summed E-state index contributed by atoms with van der Waals surface area (Å²) in [7, 11) is 0. The molecule has 104 valence electrons. The third-order valence-electron chi connectivity index (χ3n) is 3.20. The first kappa shape index (κ1) is 14.0. The monoisotopic (exact) mass is 445 g/mol.